The molecule has 0 aliphatic heterocycles. The molecule has 0 spiro atoms. The van der Waals surface area contributed by atoms with Gasteiger partial charge in [-0.25, -0.2) is 0 Å². The van der Waals surface area contributed by atoms with Crippen LogP contribution in [-0.4, -0.2) is 30.7 Å². The number of thiophene rings is 1. The van der Waals surface area contributed by atoms with Crippen molar-refractivity contribution in [1.82, 2.24) is 15.0 Å². The van der Waals surface area contributed by atoms with Crippen LogP contribution in [0.5, 0.6) is 11.6 Å². The van der Waals surface area contributed by atoms with Crippen LogP contribution in [0.4, 0.5) is 0 Å². The average molecular weight is 470 g/mol. The van der Waals surface area contributed by atoms with Crippen molar-refractivity contribution in [2.75, 3.05) is 0 Å². The van der Waals surface area contributed by atoms with Gasteiger partial charge in [0.25, 0.3) is 0 Å². The van der Waals surface area contributed by atoms with Gasteiger partial charge in [-0.2, -0.15) is 0 Å². The second-order valence-electron chi connectivity index (χ2n) is 6.70. The Bertz CT molecular complexity index is 1300. The minimum absolute atomic E-state index is 0.290. The molecule has 4 aromatic heterocycles. The van der Waals surface area contributed by atoms with E-state index in [4.69, 9.17) is 9.72 Å². The number of aryl methyl sites for hydroxylation is 1. The quantitative estimate of drug-likeness (QED) is 0.355. The van der Waals surface area contributed by atoms with Crippen molar-refractivity contribution in [1.29, 1.82) is 0 Å². The van der Waals surface area contributed by atoms with E-state index in [-0.39, 0.29) is 15.8 Å². The molecule has 6 heteroatoms. The van der Waals surface area contributed by atoms with E-state index in [2.05, 4.69) is 57.1 Å². The number of hydrogen-bond donors (Lipinski definition) is 0. The van der Waals surface area contributed by atoms with Crippen LogP contribution >= 0.6 is 11.3 Å². The summed E-state index contributed by atoms with van der Waals surface area (Å²) in [5.41, 5.74) is 3.36. The first-order chi connectivity index (χ1) is 14.8. The normalized spacial score (nSPS) is 11.4. The van der Waals surface area contributed by atoms with E-state index in [1.807, 2.05) is 37.5 Å². The first-order valence-electron chi connectivity index (χ1n) is 9.45. The van der Waals surface area contributed by atoms with Gasteiger partial charge in [0, 0.05) is 0 Å². The summed E-state index contributed by atoms with van der Waals surface area (Å²) in [4.78, 5) is 13.4. The molecule has 0 saturated carbocycles. The summed E-state index contributed by atoms with van der Waals surface area (Å²) in [6, 6.07) is 18.5. The van der Waals surface area contributed by atoms with Crippen LogP contribution in [0.2, 0.25) is 0 Å². The third-order valence-electron chi connectivity index (χ3n) is 4.75. The molecule has 0 atom stereocenters. The molecule has 30 heavy (non-hydrogen) atoms. The van der Waals surface area contributed by atoms with Crippen LogP contribution in [0.3, 0.4) is 0 Å². The van der Waals surface area contributed by atoms with Crippen LogP contribution in [0.15, 0.2) is 83.9 Å². The van der Waals surface area contributed by atoms with Crippen LogP contribution in [0, 0.1) is 6.92 Å². The Morgan fingerprint density at radius 1 is 0.867 bits per heavy atom. The Morgan fingerprint density at radius 2 is 1.83 bits per heavy atom. The molecule has 0 N–H and O–H groups in total. The molecule has 5 aromatic rings. The van der Waals surface area contributed by atoms with Crippen molar-refractivity contribution in [2.45, 2.75) is 6.92 Å². The molecule has 0 aliphatic rings. The van der Waals surface area contributed by atoms with E-state index in [0.29, 0.717) is 5.88 Å². The summed E-state index contributed by atoms with van der Waals surface area (Å²) < 4.78 is 8.18. The number of benzene rings is 1. The van der Waals surface area contributed by atoms with Crippen LogP contribution < -0.4 is 13.6 Å². The number of hydrogen-bond acceptors (Lipinski definition) is 5. The molecule has 1 aromatic carbocycles. The van der Waals surface area contributed by atoms with Crippen LogP contribution in [0.25, 0.3) is 21.9 Å². The summed E-state index contributed by atoms with van der Waals surface area (Å²) in [6.07, 6.45) is 5.56. The topological polar surface area (TPSA) is 47.9 Å². The zero-order chi connectivity index (χ0) is 20.3. The van der Waals surface area contributed by atoms with Crippen LogP contribution in [-0.2, 0) is 0 Å². The summed E-state index contributed by atoms with van der Waals surface area (Å²) >= 11 is 1.43. The Balaban J connectivity index is 1.42. The minimum atomic E-state index is -0.290. The van der Waals surface area contributed by atoms with E-state index in [0.717, 1.165) is 15.9 Å². The zero-order valence-corrected chi connectivity index (χ0v) is 18.9. The third-order valence-corrected chi connectivity index (χ3v) is 7.72. The maximum absolute atomic E-state index is 5.86. The maximum atomic E-state index is 5.86. The first kappa shape index (κ1) is 19.0. The summed E-state index contributed by atoms with van der Waals surface area (Å²) in [5, 5.41) is 6.77. The van der Waals surface area contributed by atoms with Gasteiger partial charge in [-0.1, -0.05) is 0 Å². The standard InChI is InChI=1S/C24H17AsN3OS/c1-16-22(6-3-11-26-16)29-23-8-7-18(14-28-23)25-24-21-5-2-4-19(17-10-13-30-15-17)20(21)9-12-27-24/h2-15H,1H3. The van der Waals surface area contributed by atoms with E-state index in [9.17, 15) is 0 Å². The molecule has 0 fully saturated rings. The van der Waals surface area contributed by atoms with Crippen molar-refractivity contribution < 1.29 is 4.74 Å². The Kier molecular flexibility index (Phi) is 5.31. The fourth-order valence-corrected chi connectivity index (χ4v) is 5.91. The SMILES string of the molecule is Cc1ncccc1Oc1ccc([As]c2nccc3c(-c4ccsc4)cccc23)cn1. The van der Waals surface area contributed by atoms with Crippen molar-refractivity contribution in [3.8, 4) is 22.8 Å². The van der Waals surface area contributed by atoms with Gasteiger partial charge < -0.3 is 0 Å². The molecule has 0 amide bonds. The van der Waals surface area contributed by atoms with Gasteiger partial charge in [0.05, 0.1) is 0 Å². The van der Waals surface area contributed by atoms with Crippen molar-refractivity contribution in [3.05, 3.63) is 89.6 Å². The molecule has 0 aliphatic carbocycles. The number of nitrogens with zero attached hydrogens (tertiary/aromatic N) is 3. The molecule has 4 heterocycles. The first-order valence-corrected chi connectivity index (χ1v) is 12.3. The second kappa shape index (κ2) is 8.39. The summed E-state index contributed by atoms with van der Waals surface area (Å²) in [5.74, 6) is 1.30. The van der Waals surface area contributed by atoms with Gasteiger partial charge in [0.2, 0.25) is 0 Å². The van der Waals surface area contributed by atoms with E-state index < -0.39 is 0 Å². The van der Waals surface area contributed by atoms with Gasteiger partial charge in [0.1, 0.15) is 0 Å². The predicted molar refractivity (Wildman–Crippen MR) is 123 cm³/mol. The average Bonchev–Trinajstić information content (AvgIpc) is 3.31. The number of pyridine rings is 3. The van der Waals surface area contributed by atoms with E-state index in [1.54, 1.807) is 17.5 Å². The summed E-state index contributed by atoms with van der Waals surface area (Å²) in [7, 11) is 0. The number of fused-ring (bicyclic) bond motifs is 1. The second-order valence-corrected chi connectivity index (χ2v) is 9.92. The van der Waals surface area contributed by atoms with Gasteiger partial charge in [0.15, 0.2) is 0 Å². The molecule has 5 rings (SSSR count). The molecule has 1 radical (unpaired) electrons. The van der Waals surface area contributed by atoms with Gasteiger partial charge in [-0.05, 0) is 0 Å². The van der Waals surface area contributed by atoms with Crippen LogP contribution in [0.1, 0.15) is 5.69 Å². The molecular weight excluding hydrogens is 453 g/mol. The number of ether oxygens (including phenoxy) is 1. The van der Waals surface area contributed by atoms with Crippen molar-refractivity contribution in [2.24, 2.45) is 0 Å². The predicted octanol–water partition coefficient (Wildman–Crippen LogP) is 4.51. The van der Waals surface area contributed by atoms with Gasteiger partial charge >= 0.3 is 186 Å². The fourth-order valence-electron chi connectivity index (χ4n) is 3.26. The Morgan fingerprint density at radius 3 is 2.63 bits per heavy atom. The van der Waals surface area contributed by atoms with Crippen molar-refractivity contribution >= 4 is 46.7 Å². The molecule has 4 nitrogen and oxygen atoms in total. The molecule has 145 valence electrons. The zero-order valence-electron chi connectivity index (χ0n) is 16.2. The Labute approximate surface area is 185 Å². The Hall–Kier alpha value is -3.01. The third kappa shape index (κ3) is 3.87. The number of rotatable bonds is 5. The number of aromatic nitrogens is 3. The van der Waals surface area contributed by atoms with Gasteiger partial charge in [-0.15, -0.1) is 0 Å². The molecular formula is C24H17AsN3OS. The van der Waals surface area contributed by atoms with E-state index >= 15 is 0 Å². The van der Waals surface area contributed by atoms with Gasteiger partial charge in [-0.3, -0.25) is 0 Å². The van der Waals surface area contributed by atoms with Crippen molar-refractivity contribution in [3.63, 3.8) is 0 Å². The molecule has 0 bridgehead atoms. The molecule has 0 unspecified atom stereocenters. The summed E-state index contributed by atoms with van der Waals surface area (Å²) in [6.45, 7) is 1.92. The fraction of sp³-hybridized carbons (Fsp3) is 0.0417. The monoisotopic (exact) mass is 470 g/mol. The van der Waals surface area contributed by atoms with E-state index in [1.165, 1.54) is 26.3 Å². The molecule has 0 saturated heterocycles.